The first kappa shape index (κ1) is 22.4. The van der Waals surface area contributed by atoms with E-state index in [1.165, 1.54) is 12.1 Å². The van der Waals surface area contributed by atoms with Crippen molar-refractivity contribution in [2.75, 3.05) is 0 Å². The summed E-state index contributed by atoms with van der Waals surface area (Å²) in [6.07, 6.45) is -1.03. The van der Waals surface area contributed by atoms with E-state index in [1.807, 2.05) is 0 Å². The van der Waals surface area contributed by atoms with Crippen LogP contribution in [0.15, 0.2) is 24.3 Å². The molecule has 0 amide bonds. The van der Waals surface area contributed by atoms with E-state index in [-0.39, 0.29) is 11.5 Å². The number of hydrogen-bond acceptors (Lipinski definition) is 1. The Kier molecular flexibility index (Phi) is 6.62. The molecule has 1 fully saturated rings. The van der Waals surface area contributed by atoms with E-state index in [2.05, 4.69) is 11.7 Å². The molecule has 1 saturated carbocycles. The first-order valence-corrected chi connectivity index (χ1v) is 9.78. The van der Waals surface area contributed by atoms with Gasteiger partial charge in [0, 0.05) is 12.0 Å². The maximum atomic E-state index is 14.6. The topological polar surface area (TPSA) is 9.23 Å². The van der Waals surface area contributed by atoms with Gasteiger partial charge in [0.2, 0.25) is 5.75 Å². The predicted octanol–water partition coefficient (Wildman–Crippen LogP) is 7.42. The molecule has 0 unspecified atom stereocenters. The van der Waals surface area contributed by atoms with Gasteiger partial charge in [-0.3, -0.25) is 0 Å². The monoisotopic (exact) mass is 434 g/mol. The smallest absolute Gasteiger partial charge is 0.399 e. The van der Waals surface area contributed by atoms with Gasteiger partial charge in [-0.05, 0) is 72.9 Å². The lowest BCUT2D eigenvalue weighted by Gasteiger charge is -2.28. The van der Waals surface area contributed by atoms with Crippen LogP contribution in [0.5, 0.6) is 5.75 Å². The standard InChI is InChI=1S/C22H21F7O/c1-2-12-3-5-14(6-4-12)15-10-17(23)16(18(24)11-15)7-13-8-19(25)21(20(26)9-13)30-22(27,28)29/h8-12,14H,2-7H2,1H3. The Morgan fingerprint density at radius 2 is 1.37 bits per heavy atom. The Morgan fingerprint density at radius 3 is 1.83 bits per heavy atom. The summed E-state index contributed by atoms with van der Waals surface area (Å²) in [5.41, 5.74) is -0.0626. The molecule has 2 aromatic carbocycles. The lowest BCUT2D eigenvalue weighted by atomic mass is 9.77. The van der Waals surface area contributed by atoms with Crippen molar-refractivity contribution in [1.29, 1.82) is 0 Å². The first-order chi connectivity index (χ1) is 14.1. The van der Waals surface area contributed by atoms with Crippen LogP contribution in [0.1, 0.15) is 61.6 Å². The van der Waals surface area contributed by atoms with Gasteiger partial charge in [-0.2, -0.15) is 0 Å². The van der Waals surface area contributed by atoms with Crippen LogP contribution in [-0.2, 0) is 6.42 Å². The van der Waals surface area contributed by atoms with E-state index in [4.69, 9.17) is 0 Å². The highest BCUT2D eigenvalue weighted by atomic mass is 19.4. The molecule has 1 aliphatic carbocycles. The normalized spacial score (nSPS) is 19.7. The van der Waals surface area contributed by atoms with Crippen molar-refractivity contribution in [2.45, 2.75) is 57.7 Å². The van der Waals surface area contributed by atoms with E-state index >= 15 is 0 Å². The van der Waals surface area contributed by atoms with Crippen molar-refractivity contribution in [3.63, 3.8) is 0 Å². The third-order valence-electron chi connectivity index (χ3n) is 5.72. The van der Waals surface area contributed by atoms with Gasteiger partial charge < -0.3 is 4.74 Å². The molecule has 0 heterocycles. The fourth-order valence-electron chi connectivity index (χ4n) is 4.06. The van der Waals surface area contributed by atoms with Crippen LogP contribution in [0.3, 0.4) is 0 Å². The summed E-state index contributed by atoms with van der Waals surface area (Å²) in [7, 11) is 0. The van der Waals surface area contributed by atoms with Crippen LogP contribution >= 0.6 is 0 Å². The summed E-state index contributed by atoms with van der Waals surface area (Å²) < 4.78 is 96.9. The number of alkyl halides is 3. The molecule has 0 N–H and O–H groups in total. The van der Waals surface area contributed by atoms with E-state index in [0.717, 1.165) is 32.1 Å². The largest absolute Gasteiger partial charge is 0.573 e. The van der Waals surface area contributed by atoms with E-state index in [9.17, 15) is 30.7 Å². The van der Waals surface area contributed by atoms with Crippen LogP contribution in [0.2, 0.25) is 0 Å². The minimum absolute atomic E-state index is 0.0551. The molecule has 30 heavy (non-hydrogen) atoms. The zero-order valence-electron chi connectivity index (χ0n) is 16.3. The molecule has 0 aliphatic heterocycles. The highest BCUT2D eigenvalue weighted by Gasteiger charge is 2.34. The van der Waals surface area contributed by atoms with Gasteiger partial charge in [0.1, 0.15) is 11.6 Å². The van der Waals surface area contributed by atoms with Crippen molar-refractivity contribution >= 4 is 0 Å². The van der Waals surface area contributed by atoms with Crippen LogP contribution < -0.4 is 4.74 Å². The molecule has 8 heteroatoms. The molecule has 2 aromatic rings. The Bertz CT molecular complexity index is 853. The van der Waals surface area contributed by atoms with Crippen molar-refractivity contribution in [3.05, 3.63) is 64.2 Å². The lowest BCUT2D eigenvalue weighted by molar-refractivity contribution is -0.276. The van der Waals surface area contributed by atoms with E-state index in [1.54, 1.807) is 0 Å². The fourth-order valence-corrected chi connectivity index (χ4v) is 4.06. The summed E-state index contributed by atoms with van der Waals surface area (Å²) in [5.74, 6) is -5.83. The third kappa shape index (κ3) is 5.26. The molecule has 0 bridgehead atoms. The summed E-state index contributed by atoms with van der Waals surface area (Å²) in [4.78, 5) is 0. The molecule has 1 aliphatic rings. The maximum absolute atomic E-state index is 14.6. The number of ether oxygens (including phenoxy) is 1. The summed E-state index contributed by atoms with van der Waals surface area (Å²) in [5, 5.41) is 0. The number of rotatable bonds is 5. The van der Waals surface area contributed by atoms with Gasteiger partial charge >= 0.3 is 6.36 Å². The molecule has 0 aromatic heterocycles. The van der Waals surface area contributed by atoms with Gasteiger partial charge in [-0.1, -0.05) is 13.3 Å². The average molecular weight is 434 g/mol. The minimum Gasteiger partial charge on any atom is -0.399 e. The Morgan fingerprint density at radius 1 is 0.833 bits per heavy atom. The molecule has 0 atom stereocenters. The SMILES string of the molecule is CCC1CCC(c2cc(F)c(Cc3cc(F)c(OC(F)(F)F)c(F)c3)c(F)c2)CC1. The van der Waals surface area contributed by atoms with Crippen LogP contribution in [0, 0.1) is 29.2 Å². The number of hydrogen-bond donors (Lipinski definition) is 0. The van der Waals surface area contributed by atoms with E-state index < -0.39 is 47.4 Å². The quantitative estimate of drug-likeness (QED) is 0.445. The molecule has 0 saturated heterocycles. The fraction of sp³-hybridized carbons (Fsp3) is 0.455. The van der Waals surface area contributed by atoms with Gasteiger partial charge in [0.15, 0.2) is 11.6 Å². The zero-order valence-corrected chi connectivity index (χ0v) is 16.3. The highest BCUT2D eigenvalue weighted by Crippen LogP contribution is 2.38. The molecule has 0 radical (unpaired) electrons. The number of benzene rings is 2. The van der Waals surface area contributed by atoms with Crippen LogP contribution in [0.25, 0.3) is 0 Å². The van der Waals surface area contributed by atoms with E-state index in [0.29, 0.717) is 23.6 Å². The van der Waals surface area contributed by atoms with Crippen molar-refractivity contribution in [2.24, 2.45) is 5.92 Å². The van der Waals surface area contributed by atoms with Gasteiger partial charge in [0.05, 0.1) is 0 Å². The highest BCUT2D eigenvalue weighted by molar-refractivity contribution is 5.37. The summed E-state index contributed by atoms with van der Waals surface area (Å²) >= 11 is 0. The van der Waals surface area contributed by atoms with Gasteiger partial charge in [-0.15, -0.1) is 13.2 Å². The second-order valence-electron chi connectivity index (χ2n) is 7.70. The Hall–Kier alpha value is -2.25. The molecule has 164 valence electrons. The molecule has 1 nitrogen and oxygen atoms in total. The minimum atomic E-state index is -5.27. The number of halogens is 7. The Balaban J connectivity index is 1.80. The molecule has 3 rings (SSSR count). The first-order valence-electron chi connectivity index (χ1n) is 9.78. The second kappa shape index (κ2) is 8.86. The Labute approximate surface area is 169 Å². The van der Waals surface area contributed by atoms with Gasteiger partial charge in [0.25, 0.3) is 0 Å². The van der Waals surface area contributed by atoms with Gasteiger partial charge in [-0.25, -0.2) is 17.6 Å². The second-order valence-corrected chi connectivity index (χ2v) is 7.70. The third-order valence-corrected chi connectivity index (χ3v) is 5.72. The predicted molar refractivity (Wildman–Crippen MR) is 97.2 cm³/mol. The van der Waals surface area contributed by atoms with Crippen LogP contribution in [0.4, 0.5) is 30.7 Å². The van der Waals surface area contributed by atoms with Crippen molar-refractivity contribution in [3.8, 4) is 5.75 Å². The summed E-state index contributed by atoms with van der Waals surface area (Å²) in [6.45, 7) is 2.12. The van der Waals surface area contributed by atoms with Crippen molar-refractivity contribution in [1.82, 2.24) is 0 Å². The molecule has 0 spiro atoms. The lowest BCUT2D eigenvalue weighted by Crippen LogP contribution is -2.19. The summed E-state index contributed by atoms with van der Waals surface area (Å²) in [6, 6.07) is 3.62. The average Bonchev–Trinajstić information content (AvgIpc) is 2.67. The molecular weight excluding hydrogens is 413 g/mol. The zero-order chi connectivity index (χ0) is 22.1. The van der Waals surface area contributed by atoms with Crippen molar-refractivity contribution < 1.29 is 35.5 Å². The van der Waals surface area contributed by atoms with Crippen LogP contribution in [-0.4, -0.2) is 6.36 Å². The maximum Gasteiger partial charge on any atom is 0.573 e. The molecular formula is C22H21F7O.